The lowest BCUT2D eigenvalue weighted by atomic mass is 10.2. The molecule has 0 atom stereocenters. The van der Waals surface area contributed by atoms with Crippen LogP contribution in [0, 0.1) is 6.92 Å². The van der Waals surface area contributed by atoms with Crippen LogP contribution in [0.15, 0.2) is 58.5 Å². The Hall–Kier alpha value is -2.80. The highest BCUT2D eigenvalue weighted by Crippen LogP contribution is 2.32. The fourth-order valence-corrected chi connectivity index (χ4v) is 5.94. The van der Waals surface area contributed by atoms with Crippen LogP contribution in [0.5, 0.6) is 0 Å². The molecule has 1 aromatic heterocycles. The van der Waals surface area contributed by atoms with Crippen LogP contribution in [0.3, 0.4) is 0 Å². The zero-order valence-electron chi connectivity index (χ0n) is 19.1. The van der Waals surface area contributed by atoms with E-state index in [0.717, 1.165) is 38.8 Å². The van der Waals surface area contributed by atoms with Gasteiger partial charge in [-0.05, 0) is 49.6 Å². The molecule has 0 radical (unpaired) electrons. The zero-order valence-corrected chi connectivity index (χ0v) is 19.9. The van der Waals surface area contributed by atoms with Crippen LogP contribution < -0.4 is 10.5 Å². The van der Waals surface area contributed by atoms with Crippen molar-refractivity contribution < 1.29 is 4.79 Å². The lowest BCUT2D eigenvalue weighted by Crippen LogP contribution is -2.49. The number of piperazine rings is 1. The number of hydrogen-bond acceptors (Lipinski definition) is 5. The number of fused-ring (bicyclic) bond motifs is 1. The van der Waals surface area contributed by atoms with Gasteiger partial charge in [-0.3, -0.25) is 14.2 Å². The molecular formula is C26H30N4O2S. The molecule has 1 saturated carbocycles. The van der Waals surface area contributed by atoms with Crippen molar-refractivity contribution in [3.63, 3.8) is 0 Å². The van der Waals surface area contributed by atoms with Crippen LogP contribution in [0.1, 0.15) is 37.3 Å². The van der Waals surface area contributed by atoms with E-state index in [1.807, 2.05) is 33.7 Å². The van der Waals surface area contributed by atoms with Gasteiger partial charge in [-0.15, -0.1) is 0 Å². The second-order valence-electron chi connectivity index (χ2n) is 9.02. The Morgan fingerprint density at radius 1 is 1.03 bits per heavy atom. The molecule has 33 heavy (non-hydrogen) atoms. The van der Waals surface area contributed by atoms with Crippen LogP contribution in [0.2, 0.25) is 0 Å². The van der Waals surface area contributed by atoms with Gasteiger partial charge in [-0.1, -0.05) is 48.9 Å². The van der Waals surface area contributed by atoms with Gasteiger partial charge in [-0.2, -0.15) is 0 Å². The van der Waals surface area contributed by atoms with E-state index in [4.69, 9.17) is 4.98 Å². The fraction of sp³-hybridized carbons (Fsp3) is 0.423. The van der Waals surface area contributed by atoms with Gasteiger partial charge in [0.2, 0.25) is 5.91 Å². The molecule has 1 amide bonds. The van der Waals surface area contributed by atoms with Crippen molar-refractivity contribution in [1.82, 2.24) is 14.5 Å². The summed E-state index contributed by atoms with van der Waals surface area (Å²) in [6, 6.07) is 16.2. The van der Waals surface area contributed by atoms with E-state index in [1.54, 1.807) is 0 Å². The molecule has 0 spiro atoms. The number of nitrogens with zero attached hydrogens (tertiary/aromatic N) is 4. The molecule has 7 heteroatoms. The lowest BCUT2D eigenvalue weighted by Gasteiger charge is -2.36. The lowest BCUT2D eigenvalue weighted by molar-refractivity contribution is -0.128. The van der Waals surface area contributed by atoms with Gasteiger partial charge < -0.3 is 9.80 Å². The van der Waals surface area contributed by atoms with Crippen LogP contribution in [0.25, 0.3) is 10.9 Å². The summed E-state index contributed by atoms with van der Waals surface area (Å²) in [7, 11) is 0. The molecule has 172 valence electrons. The van der Waals surface area contributed by atoms with Gasteiger partial charge in [0, 0.05) is 37.9 Å². The topological polar surface area (TPSA) is 58.4 Å². The SMILES string of the molecule is Cc1cccc(N2CCN(C(=O)CSc3nc4ccccc4c(=O)n3C3CCCC3)CC2)c1. The third-order valence-corrected chi connectivity index (χ3v) is 7.73. The smallest absolute Gasteiger partial charge is 0.262 e. The molecular weight excluding hydrogens is 432 g/mol. The quantitative estimate of drug-likeness (QED) is 0.419. The second kappa shape index (κ2) is 9.59. The fourth-order valence-electron chi connectivity index (χ4n) is 4.97. The molecule has 0 bridgehead atoms. The maximum absolute atomic E-state index is 13.3. The molecule has 1 aliphatic carbocycles. The highest BCUT2D eigenvalue weighted by Gasteiger charge is 2.25. The van der Waals surface area contributed by atoms with Crippen LogP contribution in [0.4, 0.5) is 5.69 Å². The number of aromatic nitrogens is 2. The predicted octanol–water partition coefficient (Wildman–Crippen LogP) is 4.26. The summed E-state index contributed by atoms with van der Waals surface area (Å²) < 4.78 is 1.86. The molecule has 0 N–H and O–H groups in total. The monoisotopic (exact) mass is 462 g/mol. The summed E-state index contributed by atoms with van der Waals surface area (Å²) >= 11 is 1.41. The Kier molecular flexibility index (Phi) is 6.40. The van der Waals surface area contributed by atoms with Crippen molar-refractivity contribution in [3.8, 4) is 0 Å². The van der Waals surface area contributed by atoms with Gasteiger partial charge in [0.1, 0.15) is 0 Å². The summed E-state index contributed by atoms with van der Waals surface area (Å²) in [6.07, 6.45) is 4.28. The molecule has 2 heterocycles. The highest BCUT2D eigenvalue weighted by molar-refractivity contribution is 7.99. The van der Waals surface area contributed by atoms with E-state index in [1.165, 1.54) is 23.0 Å². The Bertz CT molecular complexity index is 1210. The number of carbonyl (C=O) groups excluding carboxylic acids is 1. The first-order valence-electron chi connectivity index (χ1n) is 11.8. The van der Waals surface area contributed by atoms with Crippen LogP contribution >= 0.6 is 11.8 Å². The Morgan fingerprint density at radius 3 is 2.55 bits per heavy atom. The molecule has 2 aliphatic rings. The summed E-state index contributed by atoms with van der Waals surface area (Å²) in [6.45, 7) is 5.20. The number of amides is 1. The van der Waals surface area contributed by atoms with Crippen molar-refractivity contribution in [3.05, 3.63) is 64.4 Å². The molecule has 2 aromatic carbocycles. The average molecular weight is 463 g/mol. The van der Waals surface area contributed by atoms with E-state index >= 15 is 0 Å². The summed E-state index contributed by atoms with van der Waals surface area (Å²) in [5, 5.41) is 1.34. The van der Waals surface area contributed by atoms with Crippen molar-refractivity contribution in [2.75, 3.05) is 36.8 Å². The number of thioether (sulfide) groups is 1. The largest absolute Gasteiger partial charge is 0.368 e. The van der Waals surface area contributed by atoms with Gasteiger partial charge in [0.05, 0.1) is 16.7 Å². The minimum Gasteiger partial charge on any atom is -0.368 e. The molecule has 1 saturated heterocycles. The predicted molar refractivity (Wildman–Crippen MR) is 134 cm³/mol. The molecule has 3 aromatic rings. The van der Waals surface area contributed by atoms with E-state index in [-0.39, 0.29) is 17.5 Å². The summed E-state index contributed by atoms with van der Waals surface area (Å²) in [5.41, 5.74) is 3.20. The van der Waals surface area contributed by atoms with Gasteiger partial charge in [0.25, 0.3) is 5.56 Å². The van der Waals surface area contributed by atoms with E-state index in [9.17, 15) is 9.59 Å². The Morgan fingerprint density at radius 2 is 1.79 bits per heavy atom. The van der Waals surface area contributed by atoms with Gasteiger partial charge in [0.15, 0.2) is 5.16 Å². The normalized spacial score (nSPS) is 17.1. The van der Waals surface area contributed by atoms with Gasteiger partial charge in [-0.25, -0.2) is 4.98 Å². The first-order chi connectivity index (χ1) is 16.1. The number of para-hydroxylation sites is 1. The van der Waals surface area contributed by atoms with Crippen molar-refractivity contribution in [2.24, 2.45) is 0 Å². The number of rotatable bonds is 5. The third kappa shape index (κ3) is 4.64. The van der Waals surface area contributed by atoms with E-state index in [2.05, 4.69) is 36.1 Å². The van der Waals surface area contributed by atoms with Crippen molar-refractivity contribution in [1.29, 1.82) is 0 Å². The van der Waals surface area contributed by atoms with E-state index < -0.39 is 0 Å². The minimum atomic E-state index is 0.0224. The average Bonchev–Trinajstić information content (AvgIpc) is 3.37. The molecule has 5 rings (SSSR count). The van der Waals surface area contributed by atoms with Gasteiger partial charge >= 0.3 is 0 Å². The highest BCUT2D eigenvalue weighted by atomic mass is 32.2. The Labute approximate surface area is 198 Å². The standard InChI is InChI=1S/C26H30N4O2S/c1-19-7-6-10-21(17-19)28-13-15-29(16-14-28)24(31)18-33-26-27-23-12-5-4-11-22(23)25(32)30(26)20-8-2-3-9-20/h4-7,10-12,17,20H,2-3,8-9,13-16,18H2,1H3. The van der Waals surface area contributed by atoms with E-state index in [0.29, 0.717) is 34.9 Å². The van der Waals surface area contributed by atoms with Crippen LogP contribution in [-0.2, 0) is 4.79 Å². The molecule has 1 aliphatic heterocycles. The summed E-state index contributed by atoms with van der Waals surface area (Å²) in [5.74, 6) is 0.423. The first kappa shape index (κ1) is 22.0. The number of benzene rings is 2. The van der Waals surface area contributed by atoms with Crippen molar-refractivity contribution >= 4 is 34.3 Å². The first-order valence-corrected chi connectivity index (χ1v) is 12.8. The maximum atomic E-state index is 13.3. The minimum absolute atomic E-state index is 0.0224. The second-order valence-corrected chi connectivity index (χ2v) is 9.96. The molecule has 0 unspecified atom stereocenters. The molecule has 6 nitrogen and oxygen atoms in total. The third-order valence-electron chi connectivity index (χ3n) is 6.79. The van der Waals surface area contributed by atoms with Crippen LogP contribution in [-0.4, -0.2) is 52.3 Å². The number of carbonyl (C=O) groups is 1. The zero-order chi connectivity index (χ0) is 22.8. The molecule has 2 fully saturated rings. The number of aryl methyl sites for hydroxylation is 1. The Balaban J connectivity index is 1.28. The summed E-state index contributed by atoms with van der Waals surface area (Å²) in [4.78, 5) is 35.4. The number of hydrogen-bond donors (Lipinski definition) is 0. The number of anilines is 1. The van der Waals surface area contributed by atoms with Crippen molar-refractivity contribution in [2.45, 2.75) is 43.8 Å². The maximum Gasteiger partial charge on any atom is 0.262 e.